The largest absolute Gasteiger partial charge is 0.398 e. The second-order valence-electron chi connectivity index (χ2n) is 7.27. The Morgan fingerprint density at radius 2 is 1.28 bits per heavy atom. The molecule has 29 heavy (non-hydrogen) atoms. The molecule has 3 aromatic carbocycles. The molecular formula is C24H24N4O. The summed E-state index contributed by atoms with van der Waals surface area (Å²) >= 11 is 0. The zero-order valence-corrected chi connectivity index (χ0v) is 16.0. The van der Waals surface area contributed by atoms with Crippen LogP contribution in [0.25, 0.3) is 27.8 Å². The Morgan fingerprint density at radius 1 is 0.690 bits per heavy atom. The summed E-state index contributed by atoms with van der Waals surface area (Å²) in [6.45, 7) is 0. The van der Waals surface area contributed by atoms with Crippen LogP contribution in [0.4, 0.5) is 22.7 Å². The summed E-state index contributed by atoms with van der Waals surface area (Å²) < 4.78 is 0. The molecule has 5 nitrogen and oxygen atoms in total. The van der Waals surface area contributed by atoms with E-state index in [4.69, 9.17) is 22.9 Å². The predicted octanol–water partition coefficient (Wildman–Crippen LogP) is 4.05. The molecule has 5 heteroatoms. The van der Waals surface area contributed by atoms with Crippen molar-refractivity contribution in [1.29, 1.82) is 0 Å². The molecule has 1 unspecified atom stereocenters. The van der Waals surface area contributed by atoms with E-state index in [1.807, 2.05) is 30.4 Å². The van der Waals surface area contributed by atoms with Crippen LogP contribution in [0.1, 0.15) is 12.0 Å². The molecule has 0 spiro atoms. The van der Waals surface area contributed by atoms with Gasteiger partial charge in [0.05, 0.1) is 23.2 Å². The molecule has 0 bridgehead atoms. The van der Waals surface area contributed by atoms with E-state index in [2.05, 4.69) is 30.3 Å². The van der Waals surface area contributed by atoms with Gasteiger partial charge in [0.15, 0.2) is 0 Å². The normalized spacial score (nSPS) is 15.9. The lowest BCUT2D eigenvalue weighted by Gasteiger charge is -2.13. The minimum absolute atomic E-state index is 0.383. The average Bonchev–Trinajstić information content (AvgIpc) is 2.72. The summed E-state index contributed by atoms with van der Waals surface area (Å²) in [7, 11) is 0. The van der Waals surface area contributed by atoms with Gasteiger partial charge < -0.3 is 28.0 Å². The maximum absolute atomic E-state index is 9.58. The van der Waals surface area contributed by atoms with Crippen molar-refractivity contribution in [3.63, 3.8) is 0 Å². The van der Waals surface area contributed by atoms with E-state index in [0.29, 0.717) is 29.2 Å². The smallest absolute Gasteiger partial charge is 0.0781 e. The summed E-state index contributed by atoms with van der Waals surface area (Å²) in [4.78, 5) is 0. The SMILES string of the molecule is Nc1cc(-c2ccc(C3=CCC(O)C=C3)cc2)ccc1-c1cc(N)c(N)c(N)c1. The minimum Gasteiger partial charge on any atom is -0.398 e. The molecule has 0 amide bonds. The lowest BCUT2D eigenvalue weighted by Crippen LogP contribution is -2.03. The number of benzene rings is 3. The number of hydrogen-bond acceptors (Lipinski definition) is 5. The van der Waals surface area contributed by atoms with Crippen LogP contribution in [0, 0.1) is 0 Å². The van der Waals surface area contributed by atoms with E-state index in [-0.39, 0.29) is 6.10 Å². The van der Waals surface area contributed by atoms with Gasteiger partial charge in [-0.3, -0.25) is 0 Å². The van der Waals surface area contributed by atoms with Gasteiger partial charge in [0, 0.05) is 11.3 Å². The molecule has 0 heterocycles. The molecule has 0 saturated carbocycles. The van der Waals surface area contributed by atoms with Gasteiger partial charge in [-0.2, -0.15) is 0 Å². The Morgan fingerprint density at radius 3 is 1.86 bits per heavy atom. The van der Waals surface area contributed by atoms with Crippen LogP contribution in [0.5, 0.6) is 0 Å². The summed E-state index contributed by atoms with van der Waals surface area (Å²) in [5.41, 5.74) is 32.0. The molecular weight excluding hydrogens is 360 g/mol. The van der Waals surface area contributed by atoms with Crippen molar-refractivity contribution in [1.82, 2.24) is 0 Å². The second kappa shape index (κ2) is 7.37. The van der Waals surface area contributed by atoms with Crippen LogP contribution in [0.2, 0.25) is 0 Å². The van der Waals surface area contributed by atoms with Gasteiger partial charge >= 0.3 is 0 Å². The highest BCUT2D eigenvalue weighted by Gasteiger charge is 2.10. The Hall–Kier alpha value is -3.70. The predicted molar refractivity (Wildman–Crippen MR) is 123 cm³/mol. The van der Waals surface area contributed by atoms with E-state index in [9.17, 15) is 5.11 Å². The van der Waals surface area contributed by atoms with Crippen LogP contribution in [0.3, 0.4) is 0 Å². The molecule has 0 aromatic heterocycles. The van der Waals surface area contributed by atoms with Gasteiger partial charge in [-0.05, 0) is 52.4 Å². The molecule has 4 rings (SSSR count). The molecule has 1 atom stereocenters. The maximum Gasteiger partial charge on any atom is 0.0781 e. The molecule has 1 aliphatic rings. The standard InChI is InChI=1S/C24H24N4O/c25-21-11-17(7-10-20(21)18-12-22(26)24(28)23(27)13-18)16-3-1-14(2-4-16)15-5-8-19(29)9-6-15/h1-8,10-13,19,29H,9,25-28H2. The lowest BCUT2D eigenvalue weighted by molar-refractivity contribution is 0.226. The van der Waals surface area contributed by atoms with E-state index in [0.717, 1.165) is 33.4 Å². The molecule has 0 radical (unpaired) electrons. The fourth-order valence-corrected chi connectivity index (χ4v) is 3.54. The zero-order valence-electron chi connectivity index (χ0n) is 16.0. The van der Waals surface area contributed by atoms with Crippen LogP contribution in [-0.4, -0.2) is 11.2 Å². The fraction of sp³-hybridized carbons (Fsp3) is 0.0833. The average molecular weight is 384 g/mol. The molecule has 3 aromatic rings. The lowest BCUT2D eigenvalue weighted by atomic mass is 9.94. The topological polar surface area (TPSA) is 124 Å². The first-order chi connectivity index (χ1) is 13.9. The quantitative estimate of drug-likeness (QED) is 0.436. The van der Waals surface area contributed by atoms with Gasteiger partial charge in [0.25, 0.3) is 0 Å². The Labute approximate surface area is 170 Å². The van der Waals surface area contributed by atoms with Crippen molar-refractivity contribution in [2.75, 3.05) is 22.9 Å². The van der Waals surface area contributed by atoms with Crippen LogP contribution in [-0.2, 0) is 0 Å². The first kappa shape index (κ1) is 18.7. The number of hydrogen-bond donors (Lipinski definition) is 5. The third kappa shape index (κ3) is 3.68. The number of aliphatic hydroxyl groups is 1. The monoisotopic (exact) mass is 384 g/mol. The van der Waals surface area contributed by atoms with Crippen molar-refractivity contribution >= 4 is 28.3 Å². The number of aliphatic hydroxyl groups excluding tert-OH is 1. The zero-order chi connectivity index (χ0) is 20.5. The minimum atomic E-state index is -0.383. The molecule has 0 fully saturated rings. The number of anilines is 4. The summed E-state index contributed by atoms with van der Waals surface area (Å²) in [5, 5.41) is 9.58. The summed E-state index contributed by atoms with van der Waals surface area (Å²) in [6, 6.07) is 17.8. The van der Waals surface area contributed by atoms with Gasteiger partial charge in [-0.15, -0.1) is 0 Å². The highest BCUT2D eigenvalue weighted by molar-refractivity contribution is 5.89. The first-order valence-corrected chi connectivity index (χ1v) is 9.44. The van der Waals surface area contributed by atoms with E-state index in [1.165, 1.54) is 0 Å². The number of allylic oxidation sites excluding steroid dienone is 2. The molecule has 9 N–H and O–H groups in total. The van der Waals surface area contributed by atoms with Crippen molar-refractivity contribution in [2.45, 2.75) is 12.5 Å². The van der Waals surface area contributed by atoms with E-state index < -0.39 is 0 Å². The molecule has 1 aliphatic carbocycles. The Bertz CT molecular complexity index is 1110. The van der Waals surface area contributed by atoms with Crippen LogP contribution >= 0.6 is 0 Å². The summed E-state index contributed by atoms with van der Waals surface area (Å²) in [6.07, 6.45) is 6.09. The van der Waals surface area contributed by atoms with Crippen molar-refractivity contribution in [3.8, 4) is 22.3 Å². The van der Waals surface area contributed by atoms with Gasteiger partial charge in [0.1, 0.15) is 0 Å². The van der Waals surface area contributed by atoms with Crippen LogP contribution in [0.15, 0.2) is 72.8 Å². The number of rotatable bonds is 3. The first-order valence-electron chi connectivity index (χ1n) is 9.44. The van der Waals surface area contributed by atoms with E-state index >= 15 is 0 Å². The van der Waals surface area contributed by atoms with Crippen LogP contribution < -0.4 is 22.9 Å². The second-order valence-corrected chi connectivity index (χ2v) is 7.27. The molecule has 146 valence electrons. The third-order valence-corrected chi connectivity index (χ3v) is 5.24. The Balaban J connectivity index is 1.62. The van der Waals surface area contributed by atoms with Crippen molar-refractivity contribution in [2.24, 2.45) is 0 Å². The summed E-state index contributed by atoms with van der Waals surface area (Å²) in [5.74, 6) is 0. The van der Waals surface area contributed by atoms with Gasteiger partial charge in [0.2, 0.25) is 0 Å². The maximum atomic E-state index is 9.58. The fourth-order valence-electron chi connectivity index (χ4n) is 3.54. The number of nitrogen functional groups attached to an aromatic ring is 4. The molecule has 0 saturated heterocycles. The van der Waals surface area contributed by atoms with Crippen molar-refractivity contribution < 1.29 is 5.11 Å². The highest BCUT2D eigenvalue weighted by atomic mass is 16.3. The van der Waals surface area contributed by atoms with E-state index in [1.54, 1.807) is 12.1 Å². The van der Waals surface area contributed by atoms with Crippen molar-refractivity contribution in [3.05, 3.63) is 78.4 Å². The van der Waals surface area contributed by atoms with Gasteiger partial charge in [-0.25, -0.2) is 0 Å². The number of nitrogens with two attached hydrogens (primary N) is 4. The third-order valence-electron chi connectivity index (χ3n) is 5.24. The highest BCUT2D eigenvalue weighted by Crippen LogP contribution is 2.35. The Kier molecular flexibility index (Phi) is 4.74. The molecule has 0 aliphatic heterocycles. The van der Waals surface area contributed by atoms with Gasteiger partial charge in [-0.1, -0.05) is 54.6 Å².